The molecule has 0 N–H and O–H groups in total. The lowest BCUT2D eigenvalue weighted by Gasteiger charge is -2.19. The van der Waals surface area contributed by atoms with Gasteiger partial charge in [0.15, 0.2) is 0 Å². The Bertz CT molecular complexity index is 314. The van der Waals surface area contributed by atoms with Gasteiger partial charge in [-0.15, -0.1) is 0 Å². The Labute approximate surface area is 84.6 Å². The number of hydrogen-bond acceptors (Lipinski definition) is 2. The minimum atomic E-state index is -0.205. The molecule has 1 fully saturated rings. The molecule has 0 aromatic heterocycles. The van der Waals surface area contributed by atoms with E-state index in [0.29, 0.717) is 0 Å². The first kappa shape index (κ1) is 9.50. The van der Waals surface area contributed by atoms with Gasteiger partial charge in [0.05, 0.1) is 7.11 Å². The van der Waals surface area contributed by atoms with Crippen molar-refractivity contribution in [3.8, 4) is 0 Å². The highest BCUT2D eigenvalue weighted by Crippen LogP contribution is 2.50. The summed E-state index contributed by atoms with van der Waals surface area (Å²) in [7, 11) is 1.43. The van der Waals surface area contributed by atoms with Crippen LogP contribution in [0.3, 0.4) is 0 Å². The Morgan fingerprint density at radius 3 is 2.86 bits per heavy atom. The van der Waals surface area contributed by atoms with Crippen molar-refractivity contribution in [1.82, 2.24) is 0 Å². The van der Waals surface area contributed by atoms with E-state index in [9.17, 15) is 4.79 Å². The number of fused-ring (bicyclic) bond motifs is 2. The molecule has 1 saturated carbocycles. The number of carbonyl (C=O) groups excluding carboxylic acids is 1. The van der Waals surface area contributed by atoms with Gasteiger partial charge in [0, 0.05) is 11.0 Å². The lowest BCUT2D eigenvalue weighted by Crippen LogP contribution is -2.11. The quantitative estimate of drug-likeness (QED) is 0.381. The number of esters is 1. The van der Waals surface area contributed by atoms with E-state index in [4.69, 9.17) is 4.74 Å². The van der Waals surface area contributed by atoms with Crippen LogP contribution >= 0.6 is 0 Å². The second kappa shape index (κ2) is 3.26. The van der Waals surface area contributed by atoms with Gasteiger partial charge in [0.25, 0.3) is 0 Å². The molecule has 2 bridgehead atoms. The molecule has 0 aliphatic heterocycles. The fourth-order valence-electron chi connectivity index (χ4n) is 2.62. The zero-order valence-electron chi connectivity index (χ0n) is 8.75. The highest BCUT2D eigenvalue weighted by Gasteiger charge is 2.39. The second-order valence-corrected chi connectivity index (χ2v) is 4.41. The van der Waals surface area contributed by atoms with Gasteiger partial charge < -0.3 is 4.74 Å². The van der Waals surface area contributed by atoms with Crippen LogP contribution in [0.2, 0.25) is 0 Å². The first-order valence-corrected chi connectivity index (χ1v) is 5.12. The van der Waals surface area contributed by atoms with Crippen molar-refractivity contribution < 1.29 is 9.53 Å². The van der Waals surface area contributed by atoms with E-state index in [0.717, 1.165) is 11.5 Å². The van der Waals surface area contributed by atoms with Crippen LogP contribution in [0.15, 0.2) is 23.8 Å². The highest BCUT2D eigenvalue weighted by atomic mass is 16.5. The number of rotatable bonds is 2. The molecule has 76 valence electrons. The predicted octanol–water partition coefficient (Wildman–Crippen LogP) is 2.46. The van der Waals surface area contributed by atoms with E-state index in [-0.39, 0.29) is 11.4 Å². The topological polar surface area (TPSA) is 26.3 Å². The van der Waals surface area contributed by atoms with Gasteiger partial charge >= 0.3 is 5.97 Å². The Morgan fingerprint density at radius 2 is 2.43 bits per heavy atom. The Kier molecular flexibility index (Phi) is 2.22. The summed E-state index contributed by atoms with van der Waals surface area (Å²) in [5.74, 6) is 0.542. The van der Waals surface area contributed by atoms with Gasteiger partial charge in [-0.2, -0.15) is 0 Å². The van der Waals surface area contributed by atoms with Gasteiger partial charge in [-0.25, -0.2) is 4.79 Å². The molecule has 0 radical (unpaired) electrons. The Balaban J connectivity index is 2.17. The fraction of sp³-hybridized carbons (Fsp3) is 0.583. The number of hydrogen-bond donors (Lipinski definition) is 0. The maximum atomic E-state index is 11.3. The van der Waals surface area contributed by atoms with Crippen molar-refractivity contribution >= 4 is 5.97 Å². The maximum absolute atomic E-state index is 11.3. The maximum Gasteiger partial charge on any atom is 0.333 e. The molecule has 0 amide bonds. The number of ether oxygens (including phenoxy) is 1. The van der Waals surface area contributed by atoms with Crippen molar-refractivity contribution in [1.29, 1.82) is 0 Å². The Hall–Kier alpha value is -1.05. The third-order valence-corrected chi connectivity index (χ3v) is 3.33. The lowest BCUT2D eigenvalue weighted by atomic mass is 9.86. The first-order chi connectivity index (χ1) is 6.65. The summed E-state index contributed by atoms with van der Waals surface area (Å²) in [4.78, 5) is 11.3. The van der Waals surface area contributed by atoms with Gasteiger partial charge in [0.1, 0.15) is 0 Å². The van der Waals surface area contributed by atoms with Crippen LogP contribution in [0.5, 0.6) is 0 Å². The molecular weight excluding hydrogens is 176 g/mol. The molecule has 0 spiro atoms. The lowest BCUT2D eigenvalue weighted by molar-refractivity contribution is -0.136. The molecule has 2 atom stereocenters. The average Bonchev–Trinajstić information content (AvgIpc) is 2.75. The zero-order valence-corrected chi connectivity index (χ0v) is 8.75. The molecule has 2 nitrogen and oxygen atoms in total. The SMILES string of the molecule is COC(=O)/C(C)=C/C12C=CC(CC1)C2. The molecule has 0 aromatic rings. The summed E-state index contributed by atoms with van der Waals surface area (Å²) in [6.07, 6.45) is 10.3. The summed E-state index contributed by atoms with van der Waals surface area (Å²) in [5.41, 5.74) is 0.905. The molecule has 2 aliphatic carbocycles. The van der Waals surface area contributed by atoms with Gasteiger partial charge in [-0.05, 0) is 32.1 Å². The van der Waals surface area contributed by atoms with Crippen LogP contribution in [-0.2, 0) is 9.53 Å². The standard InChI is InChI=1S/C12H16O2/c1-9(11(13)14-2)7-12-5-3-10(8-12)4-6-12/h3,5,7,10H,4,6,8H2,1-2H3/b9-7+. The second-order valence-electron chi connectivity index (χ2n) is 4.41. The fourth-order valence-corrected chi connectivity index (χ4v) is 2.62. The normalized spacial score (nSPS) is 35.0. The molecule has 2 unspecified atom stereocenters. The van der Waals surface area contributed by atoms with E-state index in [2.05, 4.69) is 18.2 Å². The van der Waals surface area contributed by atoms with E-state index in [1.807, 2.05) is 6.92 Å². The van der Waals surface area contributed by atoms with Crippen molar-refractivity contribution in [2.24, 2.45) is 11.3 Å². The summed E-state index contributed by atoms with van der Waals surface area (Å²) in [6.45, 7) is 1.83. The van der Waals surface area contributed by atoms with E-state index in [1.54, 1.807) is 0 Å². The largest absolute Gasteiger partial charge is 0.466 e. The zero-order chi connectivity index (χ0) is 10.2. The van der Waals surface area contributed by atoms with Crippen molar-refractivity contribution in [3.05, 3.63) is 23.8 Å². The van der Waals surface area contributed by atoms with E-state index < -0.39 is 0 Å². The number of methoxy groups -OCH3 is 1. The van der Waals surface area contributed by atoms with Crippen molar-refractivity contribution in [3.63, 3.8) is 0 Å². The van der Waals surface area contributed by atoms with Crippen molar-refractivity contribution in [2.45, 2.75) is 26.2 Å². The molecule has 2 heteroatoms. The molecule has 2 aliphatic rings. The summed E-state index contributed by atoms with van der Waals surface area (Å²) >= 11 is 0. The van der Waals surface area contributed by atoms with E-state index >= 15 is 0 Å². The third kappa shape index (κ3) is 1.49. The van der Waals surface area contributed by atoms with Crippen LogP contribution in [0, 0.1) is 11.3 Å². The predicted molar refractivity (Wildman–Crippen MR) is 54.7 cm³/mol. The summed E-state index contributed by atoms with van der Waals surface area (Å²) in [5, 5.41) is 0. The van der Waals surface area contributed by atoms with Gasteiger partial charge in [-0.3, -0.25) is 0 Å². The van der Waals surface area contributed by atoms with Crippen LogP contribution in [0.4, 0.5) is 0 Å². The minimum absolute atomic E-state index is 0.170. The summed E-state index contributed by atoms with van der Waals surface area (Å²) < 4.78 is 4.69. The monoisotopic (exact) mass is 192 g/mol. The van der Waals surface area contributed by atoms with Crippen molar-refractivity contribution in [2.75, 3.05) is 7.11 Å². The number of carbonyl (C=O) groups is 1. The molecule has 0 saturated heterocycles. The first-order valence-electron chi connectivity index (χ1n) is 5.12. The third-order valence-electron chi connectivity index (χ3n) is 3.33. The van der Waals surface area contributed by atoms with Crippen LogP contribution in [0.1, 0.15) is 26.2 Å². The molecule has 2 rings (SSSR count). The van der Waals surface area contributed by atoms with E-state index in [1.165, 1.54) is 26.4 Å². The van der Waals surface area contributed by atoms with Crippen LogP contribution in [0.25, 0.3) is 0 Å². The minimum Gasteiger partial charge on any atom is -0.466 e. The van der Waals surface area contributed by atoms with Crippen LogP contribution in [-0.4, -0.2) is 13.1 Å². The molecule has 14 heavy (non-hydrogen) atoms. The Morgan fingerprint density at radius 1 is 1.64 bits per heavy atom. The van der Waals surface area contributed by atoms with Gasteiger partial charge in [-0.1, -0.05) is 18.2 Å². The summed E-state index contributed by atoms with van der Waals surface area (Å²) in [6, 6.07) is 0. The molecular formula is C12H16O2. The van der Waals surface area contributed by atoms with Crippen LogP contribution < -0.4 is 0 Å². The number of allylic oxidation sites excluding steroid dienone is 3. The highest BCUT2D eigenvalue weighted by molar-refractivity contribution is 5.87. The molecule has 0 heterocycles. The molecule has 0 aromatic carbocycles. The average molecular weight is 192 g/mol. The van der Waals surface area contributed by atoms with Gasteiger partial charge in [0.2, 0.25) is 0 Å². The smallest absolute Gasteiger partial charge is 0.333 e.